The van der Waals surface area contributed by atoms with Crippen LogP contribution in [0.3, 0.4) is 0 Å². The van der Waals surface area contributed by atoms with Crippen LogP contribution >= 0.6 is 27.5 Å². The lowest BCUT2D eigenvalue weighted by Crippen LogP contribution is -2.03. The van der Waals surface area contributed by atoms with E-state index in [-0.39, 0.29) is 0 Å². The van der Waals surface area contributed by atoms with Gasteiger partial charge in [-0.3, -0.25) is 4.57 Å². The normalized spacial score (nSPS) is 10.9. The van der Waals surface area contributed by atoms with Crippen LogP contribution in [0.25, 0.3) is 16.9 Å². The Morgan fingerprint density at radius 1 is 1.35 bits per heavy atom. The molecular weight excluding hydrogens is 344 g/mol. The molecule has 0 radical (unpaired) electrons. The molecule has 2 heterocycles. The molecule has 7 heteroatoms. The second-order valence-electron chi connectivity index (χ2n) is 4.12. The number of methoxy groups -OCH3 is 1. The van der Waals surface area contributed by atoms with Crippen LogP contribution in [0.1, 0.15) is 0 Å². The highest BCUT2D eigenvalue weighted by molar-refractivity contribution is 9.10. The molecule has 0 bridgehead atoms. The molecule has 0 unspecified atom stereocenters. The van der Waals surface area contributed by atoms with Crippen molar-refractivity contribution in [2.24, 2.45) is 0 Å². The second kappa shape index (κ2) is 4.96. The van der Waals surface area contributed by atoms with Gasteiger partial charge in [0, 0.05) is 15.7 Å². The number of imidazole rings is 1. The summed E-state index contributed by atoms with van der Waals surface area (Å²) in [5.74, 6) is 0.969. The predicted molar refractivity (Wildman–Crippen MR) is 82.5 cm³/mol. The third-order valence-corrected chi connectivity index (χ3v) is 3.54. The molecule has 0 atom stereocenters. The molecule has 5 nitrogen and oxygen atoms in total. The van der Waals surface area contributed by atoms with Crippen molar-refractivity contribution in [3.63, 3.8) is 0 Å². The topological polar surface area (TPSA) is 66.0 Å². The highest BCUT2D eigenvalue weighted by Gasteiger charge is 2.15. The summed E-state index contributed by atoms with van der Waals surface area (Å²) in [5, 5.41) is 0.583. The zero-order valence-corrected chi connectivity index (χ0v) is 12.8. The number of nitrogen functional groups attached to an aromatic ring is 1. The average Bonchev–Trinajstić information content (AvgIpc) is 2.73. The van der Waals surface area contributed by atoms with Crippen LogP contribution in [0.5, 0.6) is 5.75 Å². The molecule has 0 aliphatic carbocycles. The third-order valence-electron chi connectivity index (χ3n) is 2.87. The van der Waals surface area contributed by atoms with Crippen LogP contribution in [0.4, 0.5) is 5.95 Å². The van der Waals surface area contributed by atoms with E-state index in [9.17, 15) is 0 Å². The third kappa shape index (κ3) is 2.10. The van der Waals surface area contributed by atoms with Crippen LogP contribution in [0.15, 0.2) is 34.9 Å². The molecule has 20 heavy (non-hydrogen) atoms. The van der Waals surface area contributed by atoms with Crippen molar-refractivity contribution >= 4 is 44.6 Å². The molecule has 0 fully saturated rings. The number of hydrogen-bond acceptors (Lipinski definition) is 4. The molecule has 3 rings (SSSR count). The van der Waals surface area contributed by atoms with Crippen LogP contribution in [0.2, 0.25) is 5.02 Å². The Balaban J connectivity index is 2.34. The Morgan fingerprint density at radius 2 is 2.15 bits per heavy atom. The van der Waals surface area contributed by atoms with Crippen LogP contribution in [0, 0.1) is 0 Å². The lowest BCUT2D eigenvalue weighted by atomic mass is 10.3. The lowest BCUT2D eigenvalue weighted by molar-refractivity contribution is 0.413. The number of rotatable bonds is 2. The van der Waals surface area contributed by atoms with Crippen molar-refractivity contribution in [2.45, 2.75) is 0 Å². The summed E-state index contributed by atoms with van der Waals surface area (Å²) in [6.45, 7) is 0. The van der Waals surface area contributed by atoms with Crippen molar-refractivity contribution < 1.29 is 4.74 Å². The lowest BCUT2D eigenvalue weighted by Gasteiger charge is -2.11. The van der Waals surface area contributed by atoms with Gasteiger partial charge in [-0.25, -0.2) is 9.97 Å². The first-order valence-electron chi connectivity index (χ1n) is 5.73. The van der Waals surface area contributed by atoms with Gasteiger partial charge in [-0.1, -0.05) is 11.6 Å². The molecular formula is C13H10BrClN4O. The van der Waals surface area contributed by atoms with Crippen LogP contribution in [-0.4, -0.2) is 21.6 Å². The minimum Gasteiger partial charge on any atom is -0.495 e. The van der Waals surface area contributed by atoms with E-state index in [0.29, 0.717) is 33.6 Å². The number of hydrogen-bond donors (Lipinski definition) is 1. The maximum absolute atomic E-state index is 6.06. The van der Waals surface area contributed by atoms with E-state index in [2.05, 4.69) is 25.9 Å². The first-order valence-corrected chi connectivity index (χ1v) is 6.90. The molecule has 0 aliphatic heterocycles. The SMILES string of the molecule is COc1ccc(Cl)cc1-n1c(N)nc2cc(Br)cnc21. The molecule has 0 saturated heterocycles. The minimum atomic E-state index is 0.325. The first kappa shape index (κ1) is 13.2. The fraction of sp³-hybridized carbons (Fsp3) is 0.0769. The number of pyridine rings is 1. The fourth-order valence-corrected chi connectivity index (χ4v) is 2.52. The van der Waals surface area contributed by atoms with E-state index in [1.54, 1.807) is 36.1 Å². The zero-order chi connectivity index (χ0) is 14.3. The summed E-state index contributed by atoms with van der Waals surface area (Å²) >= 11 is 9.43. The summed E-state index contributed by atoms with van der Waals surface area (Å²) in [6, 6.07) is 7.15. The van der Waals surface area contributed by atoms with Gasteiger partial charge in [0.05, 0.1) is 12.8 Å². The van der Waals surface area contributed by atoms with Gasteiger partial charge in [-0.05, 0) is 40.2 Å². The number of ether oxygens (including phenoxy) is 1. The van der Waals surface area contributed by atoms with Crippen LogP contribution < -0.4 is 10.5 Å². The van der Waals surface area contributed by atoms with Crippen molar-refractivity contribution in [3.05, 3.63) is 40.0 Å². The van der Waals surface area contributed by atoms with Crippen molar-refractivity contribution in [2.75, 3.05) is 12.8 Å². The highest BCUT2D eigenvalue weighted by Crippen LogP contribution is 2.31. The molecule has 2 aromatic heterocycles. The van der Waals surface area contributed by atoms with E-state index >= 15 is 0 Å². The van der Waals surface area contributed by atoms with Gasteiger partial charge in [0.25, 0.3) is 0 Å². The van der Waals surface area contributed by atoms with Gasteiger partial charge < -0.3 is 10.5 Å². The van der Waals surface area contributed by atoms with Crippen LogP contribution in [-0.2, 0) is 0 Å². The van der Waals surface area contributed by atoms with Gasteiger partial charge >= 0.3 is 0 Å². The Hall–Kier alpha value is -1.79. The molecule has 0 amide bonds. The van der Waals surface area contributed by atoms with E-state index < -0.39 is 0 Å². The number of nitrogens with zero attached hydrogens (tertiary/aromatic N) is 3. The van der Waals surface area contributed by atoms with Gasteiger partial charge in [0.2, 0.25) is 5.95 Å². The number of anilines is 1. The maximum Gasteiger partial charge on any atom is 0.207 e. The van der Waals surface area contributed by atoms with Gasteiger partial charge in [0.1, 0.15) is 11.3 Å². The summed E-state index contributed by atoms with van der Waals surface area (Å²) in [4.78, 5) is 8.66. The molecule has 3 aromatic rings. The summed E-state index contributed by atoms with van der Waals surface area (Å²) < 4.78 is 7.91. The monoisotopic (exact) mass is 352 g/mol. The molecule has 0 aliphatic rings. The van der Waals surface area contributed by atoms with Crippen molar-refractivity contribution in [1.29, 1.82) is 0 Å². The van der Waals surface area contributed by atoms with E-state index in [0.717, 1.165) is 4.47 Å². The molecule has 2 N–H and O–H groups in total. The number of fused-ring (bicyclic) bond motifs is 1. The Morgan fingerprint density at radius 3 is 2.90 bits per heavy atom. The van der Waals surface area contributed by atoms with Crippen molar-refractivity contribution in [1.82, 2.24) is 14.5 Å². The standard InChI is InChI=1S/C13H10BrClN4O/c1-20-11-3-2-8(15)5-10(11)19-12-9(18-13(19)16)4-7(14)6-17-12/h2-6H,1H3,(H2,16,18). The van der Waals surface area contributed by atoms with E-state index in [1.165, 1.54) is 0 Å². The van der Waals surface area contributed by atoms with E-state index in [4.69, 9.17) is 22.1 Å². The second-order valence-corrected chi connectivity index (χ2v) is 5.47. The Labute approximate surface area is 128 Å². The largest absolute Gasteiger partial charge is 0.495 e. The highest BCUT2D eigenvalue weighted by atomic mass is 79.9. The maximum atomic E-state index is 6.06. The Bertz CT molecular complexity index is 802. The van der Waals surface area contributed by atoms with Gasteiger partial charge in [0.15, 0.2) is 5.65 Å². The zero-order valence-electron chi connectivity index (χ0n) is 10.5. The van der Waals surface area contributed by atoms with Gasteiger partial charge in [-0.15, -0.1) is 0 Å². The van der Waals surface area contributed by atoms with E-state index in [1.807, 2.05) is 6.07 Å². The Kier molecular flexibility index (Phi) is 3.27. The predicted octanol–water partition coefficient (Wildman–Crippen LogP) is 3.43. The van der Waals surface area contributed by atoms with Gasteiger partial charge in [-0.2, -0.15) is 0 Å². The summed E-state index contributed by atoms with van der Waals surface area (Å²) in [5.41, 5.74) is 8.05. The first-order chi connectivity index (χ1) is 9.60. The molecule has 102 valence electrons. The van der Waals surface area contributed by atoms with Crippen molar-refractivity contribution in [3.8, 4) is 11.4 Å². The average molecular weight is 354 g/mol. The minimum absolute atomic E-state index is 0.325. The molecule has 0 saturated carbocycles. The number of aromatic nitrogens is 3. The smallest absolute Gasteiger partial charge is 0.207 e. The fourth-order valence-electron chi connectivity index (χ4n) is 2.03. The molecule has 0 spiro atoms. The summed E-state index contributed by atoms with van der Waals surface area (Å²) in [7, 11) is 1.59. The number of halogens is 2. The number of benzene rings is 1. The number of nitrogens with two attached hydrogens (primary N) is 1. The summed E-state index contributed by atoms with van der Waals surface area (Å²) in [6.07, 6.45) is 1.69. The quantitative estimate of drug-likeness (QED) is 0.766. The molecule has 1 aromatic carbocycles.